The van der Waals surface area contributed by atoms with Crippen LogP contribution in [0.15, 0.2) is 36.4 Å². The highest BCUT2D eigenvalue weighted by Gasteiger charge is 2.17. The molecule has 0 bridgehead atoms. The van der Waals surface area contributed by atoms with Gasteiger partial charge in [-0.25, -0.2) is 0 Å². The fourth-order valence-corrected chi connectivity index (χ4v) is 2.40. The van der Waals surface area contributed by atoms with Crippen LogP contribution in [-0.2, 0) is 0 Å². The van der Waals surface area contributed by atoms with E-state index in [1.54, 1.807) is 6.07 Å². The summed E-state index contributed by atoms with van der Waals surface area (Å²) in [5.41, 5.74) is 2.84. The van der Waals surface area contributed by atoms with E-state index in [1.165, 1.54) is 6.07 Å². The second kappa shape index (κ2) is 7.74. The minimum atomic E-state index is -0.425. The molecule has 0 atom stereocenters. The fourth-order valence-electron chi connectivity index (χ4n) is 2.18. The molecule has 0 aliphatic rings. The molecule has 7 heteroatoms. The Hall–Kier alpha value is -2.67. The van der Waals surface area contributed by atoms with Gasteiger partial charge in [-0.3, -0.25) is 10.1 Å². The third kappa shape index (κ3) is 4.20. The maximum Gasteiger partial charge on any atom is 0.293 e. The maximum absolute atomic E-state index is 11.2. The lowest BCUT2D eigenvalue weighted by molar-refractivity contribution is -0.384. The molecule has 0 saturated heterocycles. The van der Waals surface area contributed by atoms with Gasteiger partial charge in [0.25, 0.3) is 5.69 Å². The van der Waals surface area contributed by atoms with Gasteiger partial charge >= 0.3 is 0 Å². The van der Waals surface area contributed by atoms with Crippen LogP contribution in [-0.4, -0.2) is 16.6 Å². The van der Waals surface area contributed by atoms with Gasteiger partial charge in [0.15, 0.2) is 5.11 Å². The van der Waals surface area contributed by atoms with Crippen molar-refractivity contribution in [2.24, 2.45) is 0 Å². The van der Waals surface area contributed by atoms with Crippen LogP contribution in [0.5, 0.6) is 5.75 Å². The Morgan fingerprint density at radius 1 is 1.17 bits per heavy atom. The summed E-state index contributed by atoms with van der Waals surface area (Å²) in [6, 6.07) is 10.6. The van der Waals surface area contributed by atoms with Crippen molar-refractivity contribution >= 4 is 34.4 Å². The van der Waals surface area contributed by atoms with Crippen molar-refractivity contribution < 1.29 is 9.66 Å². The topological polar surface area (TPSA) is 76.4 Å². The molecule has 2 aromatic carbocycles. The largest absolute Gasteiger partial charge is 0.492 e. The van der Waals surface area contributed by atoms with Gasteiger partial charge in [0.05, 0.1) is 17.2 Å². The summed E-state index contributed by atoms with van der Waals surface area (Å²) in [5.74, 6) is 0.665. The molecular weight excluding hydrogens is 326 g/mol. The minimum absolute atomic E-state index is 0.0136. The van der Waals surface area contributed by atoms with E-state index in [-0.39, 0.29) is 10.8 Å². The van der Waals surface area contributed by atoms with Crippen LogP contribution in [0.1, 0.15) is 18.1 Å². The molecule has 0 amide bonds. The van der Waals surface area contributed by atoms with Gasteiger partial charge in [0.1, 0.15) is 11.4 Å². The first kappa shape index (κ1) is 17.7. The Labute approximate surface area is 146 Å². The van der Waals surface area contributed by atoms with Crippen LogP contribution < -0.4 is 15.4 Å². The smallest absolute Gasteiger partial charge is 0.293 e. The summed E-state index contributed by atoms with van der Waals surface area (Å²) in [7, 11) is 0. The molecule has 0 aliphatic heterocycles. The number of hydrogen-bond donors (Lipinski definition) is 2. The highest BCUT2D eigenvalue weighted by molar-refractivity contribution is 7.80. The molecule has 6 nitrogen and oxygen atoms in total. The van der Waals surface area contributed by atoms with Gasteiger partial charge < -0.3 is 15.4 Å². The molecule has 0 unspecified atom stereocenters. The van der Waals surface area contributed by atoms with Gasteiger partial charge in [0.2, 0.25) is 0 Å². The number of nitrogens with zero attached hydrogens (tertiary/aromatic N) is 1. The molecule has 0 saturated carbocycles. The van der Waals surface area contributed by atoms with Crippen LogP contribution in [0, 0.1) is 24.0 Å². The van der Waals surface area contributed by atoms with Gasteiger partial charge in [-0.05, 0) is 62.3 Å². The Kier molecular flexibility index (Phi) is 5.70. The Morgan fingerprint density at radius 2 is 1.79 bits per heavy atom. The number of thiocarbonyl (C=S) groups is 1. The number of hydrogen-bond acceptors (Lipinski definition) is 4. The summed E-state index contributed by atoms with van der Waals surface area (Å²) in [5, 5.41) is 17.4. The van der Waals surface area contributed by atoms with Crippen LogP contribution >= 0.6 is 12.2 Å². The van der Waals surface area contributed by atoms with E-state index in [0.29, 0.717) is 23.7 Å². The van der Waals surface area contributed by atoms with Gasteiger partial charge in [-0.1, -0.05) is 12.1 Å². The van der Waals surface area contributed by atoms with Crippen LogP contribution in [0.3, 0.4) is 0 Å². The molecule has 0 aromatic heterocycles. The summed E-state index contributed by atoms with van der Waals surface area (Å²) in [6.07, 6.45) is 0. The highest BCUT2D eigenvalue weighted by Crippen LogP contribution is 2.29. The summed E-state index contributed by atoms with van der Waals surface area (Å²) >= 11 is 5.28. The van der Waals surface area contributed by atoms with E-state index in [4.69, 9.17) is 17.0 Å². The molecule has 126 valence electrons. The third-order valence-corrected chi connectivity index (χ3v) is 3.70. The zero-order valence-electron chi connectivity index (χ0n) is 13.8. The number of aryl methyl sites for hydroxylation is 2. The fraction of sp³-hybridized carbons (Fsp3) is 0.235. The van der Waals surface area contributed by atoms with E-state index >= 15 is 0 Å². The predicted octanol–water partition coefficient (Wildman–Crippen LogP) is 4.42. The van der Waals surface area contributed by atoms with Crippen molar-refractivity contribution in [1.82, 2.24) is 0 Å². The van der Waals surface area contributed by atoms with Gasteiger partial charge in [0, 0.05) is 6.07 Å². The number of nitrogens with one attached hydrogen (secondary N) is 2. The molecule has 0 radical (unpaired) electrons. The normalized spacial score (nSPS) is 10.1. The number of ether oxygens (including phenoxy) is 1. The van der Waals surface area contributed by atoms with Crippen molar-refractivity contribution in [3.8, 4) is 5.75 Å². The predicted molar refractivity (Wildman–Crippen MR) is 100 cm³/mol. The SMILES string of the molecule is CCOc1ccccc1NC(=S)Nc1cc(C)c(C)cc1[N+](=O)[O-]. The average molecular weight is 345 g/mol. The number of anilines is 2. The first-order valence-corrected chi connectivity index (χ1v) is 7.88. The number of para-hydroxylation sites is 2. The van der Waals surface area contributed by atoms with E-state index in [1.807, 2.05) is 45.0 Å². The maximum atomic E-state index is 11.2. The van der Waals surface area contributed by atoms with Crippen molar-refractivity contribution in [2.45, 2.75) is 20.8 Å². The molecule has 2 N–H and O–H groups in total. The highest BCUT2D eigenvalue weighted by atomic mass is 32.1. The molecule has 0 fully saturated rings. The summed E-state index contributed by atoms with van der Waals surface area (Å²) in [6.45, 7) is 6.15. The third-order valence-electron chi connectivity index (χ3n) is 3.49. The lowest BCUT2D eigenvalue weighted by Gasteiger charge is -2.15. The standard InChI is InChI=1S/C17H19N3O3S/c1-4-23-16-8-6-5-7-13(16)18-17(24)19-14-9-11(2)12(3)10-15(14)20(21)22/h5-10H,4H2,1-3H3,(H2,18,19,24). The monoisotopic (exact) mass is 345 g/mol. The Bertz CT molecular complexity index is 778. The lowest BCUT2D eigenvalue weighted by Crippen LogP contribution is -2.20. The summed E-state index contributed by atoms with van der Waals surface area (Å²) < 4.78 is 5.53. The number of rotatable bonds is 5. The zero-order valence-corrected chi connectivity index (χ0v) is 14.6. The second-order valence-corrected chi connectivity index (χ2v) is 5.63. The first-order chi connectivity index (χ1) is 11.4. The van der Waals surface area contributed by atoms with Crippen molar-refractivity contribution in [3.63, 3.8) is 0 Å². The first-order valence-electron chi connectivity index (χ1n) is 7.47. The molecule has 24 heavy (non-hydrogen) atoms. The lowest BCUT2D eigenvalue weighted by atomic mass is 10.1. The van der Waals surface area contributed by atoms with E-state index in [9.17, 15) is 10.1 Å². The molecular formula is C17H19N3O3S. The second-order valence-electron chi connectivity index (χ2n) is 5.22. The Morgan fingerprint density at radius 3 is 2.46 bits per heavy atom. The molecule has 2 rings (SSSR count). The Balaban J connectivity index is 2.22. The van der Waals surface area contributed by atoms with Crippen molar-refractivity contribution in [1.29, 1.82) is 0 Å². The average Bonchev–Trinajstić information content (AvgIpc) is 2.52. The van der Waals surface area contributed by atoms with Gasteiger partial charge in [-0.15, -0.1) is 0 Å². The zero-order chi connectivity index (χ0) is 17.7. The number of nitro groups is 1. The quantitative estimate of drug-likeness (QED) is 0.475. The van der Waals surface area contributed by atoms with E-state index in [2.05, 4.69) is 10.6 Å². The molecule has 0 aliphatic carbocycles. The number of nitro benzene ring substituents is 1. The van der Waals surface area contributed by atoms with Crippen LogP contribution in [0.4, 0.5) is 17.1 Å². The summed E-state index contributed by atoms with van der Waals surface area (Å²) in [4.78, 5) is 10.8. The van der Waals surface area contributed by atoms with E-state index < -0.39 is 4.92 Å². The van der Waals surface area contributed by atoms with Gasteiger partial charge in [-0.2, -0.15) is 0 Å². The molecule has 0 heterocycles. The number of benzene rings is 2. The molecule has 2 aromatic rings. The van der Waals surface area contributed by atoms with Crippen molar-refractivity contribution in [3.05, 3.63) is 57.6 Å². The van der Waals surface area contributed by atoms with E-state index in [0.717, 1.165) is 11.1 Å². The van der Waals surface area contributed by atoms with Crippen LogP contribution in [0.25, 0.3) is 0 Å². The minimum Gasteiger partial charge on any atom is -0.492 e. The van der Waals surface area contributed by atoms with Crippen molar-refractivity contribution in [2.75, 3.05) is 17.2 Å². The molecule has 0 spiro atoms. The van der Waals surface area contributed by atoms with Crippen LogP contribution in [0.2, 0.25) is 0 Å².